The predicted molar refractivity (Wildman–Crippen MR) is 113 cm³/mol. The Morgan fingerprint density at radius 2 is 1.96 bits per heavy atom. The van der Waals surface area contributed by atoms with E-state index < -0.39 is 20.0 Å². The molecule has 0 spiro atoms. The summed E-state index contributed by atoms with van der Waals surface area (Å²) in [5, 5.41) is 5.36. The van der Waals surface area contributed by atoms with Gasteiger partial charge in [-0.05, 0) is 32.9 Å². The molecule has 144 valence electrons. The van der Waals surface area contributed by atoms with Gasteiger partial charge < -0.3 is 10.6 Å². The Morgan fingerprint density at radius 3 is 2.46 bits per heavy atom. The van der Waals surface area contributed by atoms with Gasteiger partial charge in [0.1, 0.15) is 10.5 Å². The highest BCUT2D eigenvalue weighted by atomic mass is 32.3. The highest BCUT2D eigenvalue weighted by Gasteiger charge is 2.53. The van der Waals surface area contributed by atoms with Crippen LogP contribution < -0.4 is 15.4 Å². The molecule has 6 nitrogen and oxygen atoms in total. The van der Waals surface area contributed by atoms with Crippen molar-refractivity contribution < 1.29 is 9.00 Å². The fourth-order valence-electron chi connectivity index (χ4n) is 2.68. The molecule has 0 bridgehead atoms. The second kappa shape index (κ2) is 7.54. The van der Waals surface area contributed by atoms with Crippen molar-refractivity contribution in [3.63, 3.8) is 0 Å². The SMILES string of the molecule is CCCCNC(=O)S(=O)(Cc1ccccc1)(NC)C1=NC(C)(C)C(=S)N1. The molecule has 0 saturated heterocycles. The van der Waals surface area contributed by atoms with E-state index >= 15 is 0 Å². The third kappa shape index (κ3) is 3.72. The average Bonchev–Trinajstić information content (AvgIpc) is 2.90. The first kappa shape index (κ1) is 20.7. The summed E-state index contributed by atoms with van der Waals surface area (Å²) in [4.78, 5) is 18.2. The Hall–Kier alpha value is -1.64. The summed E-state index contributed by atoms with van der Waals surface area (Å²) in [5.74, 6) is 0.0109. The Balaban J connectivity index is 2.54. The lowest BCUT2D eigenvalue weighted by Crippen LogP contribution is -2.65. The molecule has 0 unspecified atom stereocenters. The normalized spacial score (nSPS) is 17.8. The van der Waals surface area contributed by atoms with Crippen LogP contribution in [0.1, 0.15) is 39.2 Å². The van der Waals surface area contributed by atoms with Gasteiger partial charge in [-0.2, -0.15) is 0 Å². The van der Waals surface area contributed by atoms with Crippen molar-refractivity contribution in [3.05, 3.63) is 35.9 Å². The Bertz CT molecular complexity index is 790. The minimum absolute atomic E-state index is 0.0109. The smallest absolute Gasteiger partial charge is 0.307 e. The summed E-state index contributed by atoms with van der Waals surface area (Å²) in [6.45, 7) is 6.16. The first-order valence-electron chi connectivity index (χ1n) is 8.75. The lowest BCUT2D eigenvalue weighted by atomic mass is 10.1. The molecule has 8 heteroatoms. The number of hydrogen-bond donors (Lipinski definition) is 3. The third-order valence-corrected chi connectivity index (χ3v) is 8.76. The largest absolute Gasteiger partial charge is 0.345 e. The van der Waals surface area contributed by atoms with Crippen LogP contribution in [0.3, 0.4) is 0 Å². The minimum Gasteiger partial charge on any atom is -0.345 e. The summed E-state index contributed by atoms with van der Waals surface area (Å²) >= 11 is 5.35. The zero-order valence-corrected chi connectivity index (χ0v) is 17.4. The number of amidine groups is 1. The van der Waals surface area contributed by atoms with Crippen molar-refractivity contribution in [1.82, 2.24) is 15.4 Å². The molecule has 0 fully saturated rings. The lowest BCUT2D eigenvalue weighted by molar-refractivity contribution is 0.258. The van der Waals surface area contributed by atoms with E-state index in [0.717, 1.165) is 18.4 Å². The van der Waals surface area contributed by atoms with E-state index in [0.29, 0.717) is 11.5 Å². The molecule has 0 saturated carbocycles. The van der Waals surface area contributed by atoms with Gasteiger partial charge in [-0.25, -0.2) is 9.71 Å². The highest BCUT2D eigenvalue weighted by molar-refractivity contribution is 8.41. The molecule has 0 atom stereocenters. The van der Waals surface area contributed by atoms with Crippen LogP contribution in [0.5, 0.6) is 0 Å². The molecule has 26 heavy (non-hydrogen) atoms. The molecule has 0 radical (unpaired) electrons. The van der Waals surface area contributed by atoms with Crippen LogP contribution in [0.4, 0.5) is 4.79 Å². The molecule has 1 heterocycles. The third-order valence-electron chi connectivity index (χ3n) is 4.47. The Morgan fingerprint density at radius 1 is 1.31 bits per heavy atom. The van der Waals surface area contributed by atoms with Gasteiger partial charge in [0.05, 0.1) is 15.0 Å². The first-order chi connectivity index (χ1) is 12.2. The number of aliphatic imine (C=N–C) groups is 1. The second-order valence-electron chi connectivity index (χ2n) is 6.94. The van der Waals surface area contributed by atoms with E-state index in [-0.39, 0.29) is 10.9 Å². The van der Waals surface area contributed by atoms with E-state index in [1.165, 1.54) is 7.05 Å². The van der Waals surface area contributed by atoms with Crippen LogP contribution in [-0.4, -0.2) is 38.7 Å². The van der Waals surface area contributed by atoms with Crippen LogP contribution in [-0.2, 0) is 15.0 Å². The van der Waals surface area contributed by atoms with E-state index in [4.69, 9.17) is 12.2 Å². The molecule has 1 aliphatic rings. The molecule has 1 amide bonds. The van der Waals surface area contributed by atoms with E-state index in [1.54, 1.807) is 0 Å². The number of rotatable bonds is 6. The number of thiocarbonyl (C=S) groups is 1. The Labute approximate surface area is 160 Å². The van der Waals surface area contributed by atoms with E-state index in [1.807, 2.05) is 51.1 Å². The van der Waals surface area contributed by atoms with Crippen molar-refractivity contribution in [1.29, 1.82) is 0 Å². The van der Waals surface area contributed by atoms with E-state index in [2.05, 4.69) is 20.3 Å². The quantitative estimate of drug-likeness (QED) is 0.510. The fraction of sp³-hybridized carbons (Fsp3) is 0.500. The van der Waals surface area contributed by atoms with E-state index in [9.17, 15) is 9.00 Å². The van der Waals surface area contributed by atoms with Crippen molar-refractivity contribution in [2.24, 2.45) is 4.99 Å². The number of nitrogens with zero attached hydrogens (tertiary/aromatic N) is 1. The van der Waals surface area contributed by atoms with Crippen LogP contribution in [0, 0.1) is 0 Å². The molecule has 1 aliphatic heterocycles. The average molecular weight is 397 g/mol. The summed E-state index contributed by atoms with van der Waals surface area (Å²) in [5.41, 5.74) is 0.0776. The maximum absolute atomic E-state index is 14.5. The summed E-state index contributed by atoms with van der Waals surface area (Å²) < 4.78 is 17.3. The molecular formula is C18H28N4O2S2. The van der Waals surface area contributed by atoms with Crippen LogP contribution in [0.15, 0.2) is 35.3 Å². The van der Waals surface area contributed by atoms with Crippen molar-refractivity contribution in [2.75, 3.05) is 13.6 Å². The number of carbonyl (C=O) groups is 1. The maximum atomic E-state index is 14.5. The van der Waals surface area contributed by atoms with Gasteiger partial charge in [0.25, 0.3) is 0 Å². The van der Waals surface area contributed by atoms with Crippen LogP contribution in [0.2, 0.25) is 0 Å². The number of hydrogen-bond acceptors (Lipinski definition) is 4. The van der Waals surface area contributed by atoms with Gasteiger partial charge in [-0.3, -0.25) is 9.00 Å². The van der Waals surface area contributed by atoms with Crippen LogP contribution >= 0.6 is 12.2 Å². The number of carbonyl (C=O) groups excluding carboxylic acids is 1. The topological polar surface area (TPSA) is 82.6 Å². The monoisotopic (exact) mass is 396 g/mol. The van der Waals surface area contributed by atoms with Crippen molar-refractivity contribution in [2.45, 2.75) is 44.9 Å². The first-order valence-corrected chi connectivity index (χ1v) is 11.3. The van der Waals surface area contributed by atoms with Gasteiger partial charge in [0.2, 0.25) is 0 Å². The molecular weight excluding hydrogens is 368 g/mol. The lowest BCUT2D eigenvalue weighted by Gasteiger charge is -2.39. The van der Waals surface area contributed by atoms with Crippen molar-refractivity contribution >= 4 is 36.9 Å². The zero-order chi connectivity index (χ0) is 19.4. The maximum Gasteiger partial charge on any atom is 0.307 e. The summed E-state index contributed by atoms with van der Waals surface area (Å²) in [6, 6.07) is 9.30. The Kier molecular flexibility index (Phi) is 5.99. The molecule has 0 aromatic heterocycles. The van der Waals surface area contributed by atoms with Crippen molar-refractivity contribution in [3.8, 4) is 0 Å². The highest BCUT2D eigenvalue weighted by Crippen LogP contribution is 2.33. The molecule has 2 rings (SSSR count). The predicted octanol–water partition coefficient (Wildman–Crippen LogP) is 2.72. The zero-order valence-electron chi connectivity index (χ0n) is 15.8. The minimum atomic E-state index is -4.25. The number of benzene rings is 1. The van der Waals surface area contributed by atoms with Gasteiger partial charge in [-0.15, -0.1) is 0 Å². The number of unbranched alkanes of at least 4 members (excludes halogenated alkanes) is 1. The summed E-state index contributed by atoms with van der Waals surface area (Å²) in [6.07, 6.45) is 1.74. The number of nitrogens with one attached hydrogen (secondary N) is 3. The molecule has 1 aromatic carbocycles. The second-order valence-corrected chi connectivity index (χ2v) is 11.0. The van der Waals surface area contributed by atoms with Gasteiger partial charge >= 0.3 is 5.24 Å². The van der Waals surface area contributed by atoms with Gasteiger partial charge in [-0.1, -0.05) is 55.9 Å². The molecule has 1 aromatic rings. The molecule has 0 aliphatic carbocycles. The summed E-state index contributed by atoms with van der Waals surface area (Å²) in [7, 11) is -2.71. The van der Waals surface area contributed by atoms with Crippen LogP contribution in [0.25, 0.3) is 0 Å². The number of amides is 1. The van der Waals surface area contributed by atoms with Gasteiger partial charge in [0.15, 0.2) is 5.17 Å². The van der Waals surface area contributed by atoms with Gasteiger partial charge in [0, 0.05) is 6.54 Å². The molecule has 3 N–H and O–H groups in total. The fourth-order valence-corrected chi connectivity index (χ4v) is 5.83. The standard InChI is InChI=1S/C18H28N4O2S2/c1-5-6-12-20-17(23)26(24,19-4,13-14-10-8-7-9-11-14)16-21-15(25)18(2,3)22-16/h7-11H,5-6,12-13H2,1-4H3,(H,19,24)(H,20,23)(H,21,22,25).